The third kappa shape index (κ3) is 4.50. The van der Waals surface area contributed by atoms with Gasteiger partial charge in [-0.3, -0.25) is 0 Å². The van der Waals surface area contributed by atoms with E-state index >= 15 is 0 Å². The van der Waals surface area contributed by atoms with Crippen LogP contribution in [0.15, 0.2) is 40.9 Å². The predicted octanol–water partition coefficient (Wildman–Crippen LogP) is 5.47. The van der Waals surface area contributed by atoms with Gasteiger partial charge >= 0.3 is 0 Å². The summed E-state index contributed by atoms with van der Waals surface area (Å²) in [5.41, 5.74) is 4.92. The minimum absolute atomic E-state index is 0.771. The van der Waals surface area contributed by atoms with Gasteiger partial charge in [-0.1, -0.05) is 25.1 Å². The fourth-order valence-electron chi connectivity index (χ4n) is 2.25. The monoisotopic (exact) mass is 347 g/mol. The summed E-state index contributed by atoms with van der Waals surface area (Å²) >= 11 is 3.63. The van der Waals surface area contributed by atoms with Crippen LogP contribution in [0.1, 0.15) is 30.0 Å². The van der Waals surface area contributed by atoms with E-state index in [9.17, 15) is 0 Å². The molecular weight excluding hydrogens is 326 g/mol. The van der Waals surface area contributed by atoms with Gasteiger partial charge in [0.15, 0.2) is 0 Å². The van der Waals surface area contributed by atoms with Crippen molar-refractivity contribution in [2.24, 2.45) is 0 Å². The third-order valence-electron chi connectivity index (χ3n) is 3.30. The van der Waals surface area contributed by atoms with Gasteiger partial charge in [0.1, 0.15) is 5.75 Å². The highest BCUT2D eigenvalue weighted by Crippen LogP contribution is 2.28. The number of aryl methyl sites for hydroxylation is 2. The van der Waals surface area contributed by atoms with Gasteiger partial charge in [-0.25, -0.2) is 0 Å². The van der Waals surface area contributed by atoms with Crippen LogP contribution in [0.3, 0.4) is 0 Å². The second-order valence-corrected chi connectivity index (χ2v) is 6.14. The number of ether oxygens (including phenoxy) is 1. The largest absolute Gasteiger partial charge is 0.494 e. The van der Waals surface area contributed by atoms with Crippen LogP contribution in [0.25, 0.3) is 0 Å². The second kappa shape index (κ2) is 7.51. The predicted molar refractivity (Wildman–Crippen MR) is 93.2 cm³/mol. The number of rotatable bonds is 6. The molecule has 0 aliphatic rings. The molecule has 21 heavy (non-hydrogen) atoms. The molecule has 1 N–H and O–H groups in total. The van der Waals surface area contributed by atoms with Crippen LogP contribution < -0.4 is 10.1 Å². The number of nitrogens with one attached hydrogen (secondary N) is 1. The summed E-state index contributed by atoms with van der Waals surface area (Å²) in [6.45, 7) is 7.92. The minimum atomic E-state index is 0.771. The summed E-state index contributed by atoms with van der Waals surface area (Å²) in [6, 6.07) is 12.6. The maximum atomic E-state index is 5.60. The van der Waals surface area contributed by atoms with Gasteiger partial charge in [0, 0.05) is 11.0 Å². The Labute approximate surface area is 135 Å². The van der Waals surface area contributed by atoms with Crippen LogP contribution in [-0.2, 0) is 6.54 Å². The Hall–Kier alpha value is -1.48. The normalized spacial score (nSPS) is 10.5. The molecule has 0 heterocycles. The van der Waals surface area contributed by atoms with Gasteiger partial charge in [-0.2, -0.15) is 0 Å². The van der Waals surface area contributed by atoms with E-state index in [1.807, 2.05) is 12.1 Å². The van der Waals surface area contributed by atoms with Crippen molar-refractivity contribution in [3.05, 3.63) is 57.6 Å². The van der Waals surface area contributed by atoms with Crippen LogP contribution >= 0.6 is 15.9 Å². The molecule has 2 nitrogen and oxygen atoms in total. The maximum absolute atomic E-state index is 5.60. The molecule has 0 fully saturated rings. The molecule has 3 heteroatoms. The molecular formula is C18H22BrNO. The SMILES string of the molecule is CCCOc1ccc(CNc2c(C)cc(C)cc2Br)cc1. The van der Waals surface area contributed by atoms with E-state index < -0.39 is 0 Å². The van der Waals surface area contributed by atoms with Crippen molar-refractivity contribution in [1.82, 2.24) is 0 Å². The Bertz CT molecular complexity index is 570. The first-order valence-corrected chi connectivity index (χ1v) is 8.12. The van der Waals surface area contributed by atoms with Gasteiger partial charge in [0.05, 0.1) is 12.3 Å². The highest BCUT2D eigenvalue weighted by molar-refractivity contribution is 9.10. The van der Waals surface area contributed by atoms with E-state index in [1.54, 1.807) is 0 Å². The Morgan fingerprint density at radius 2 is 1.81 bits per heavy atom. The lowest BCUT2D eigenvalue weighted by Crippen LogP contribution is -2.02. The highest BCUT2D eigenvalue weighted by atomic mass is 79.9. The number of anilines is 1. The molecule has 2 aromatic carbocycles. The van der Waals surface area contributed by atoms with Gasteiger partial charge in [-0.05, 0) is 71.1 Å². The topological polar surface area (TPSA) is 21.3 Å². The van der Waals surface area contributed by atoms with E-state index in [4.69, 9.17) is 4.74 Å². The summed E-state index contributed by atoms with van der Waals surface area (Å²) in [5.74, 6) is 0.938. The lowest BCUT2D eigenvalue weighted by molar-refractivity contribution is 0.317. The molecule has 0 aliphatic carbocycles. The Kier molecular flexibility index (Phi) is 5.68. The summed E-state index contributed by atoms with van der Waals surface area (Å²) in [4.78, 5) is 0. The van der Waals surface area contributed by atoms with Gasteiger partial charge < -0.3 is 10.1 Å². The van der Waals surface area contributed by atoms with E-state index in [0.717, 1.165) is 35.5 Å². The van der Waals surface area contributed by atoms with Crippen molar-refractivity contribution in [2.75, 3.05) is 11.9 Å². The van der Waals surface area contributed by atoms with Crippen LogP contribution in [0.2, 0.25) is 0 Å². The summed E-state index contributed by atoms with van der Waals surface area (Å²) in [6.07, 6.45) is 1.03. The molecule has 0 radical (unpaired) electrons. The molecule has 2 rings (SSSR count). The highest BCUT2D eigenvalue weighted by Gasteiger charge is 2.04. The maximum Gasteiger partial charge on any atom is 0.119 e. The van der Waals surface area contributed by atoms with E-state index in [0.29, 0.717) is 0 Å². The zero-order valence-electron chi connectivity index (χ0n) is 12.9. The molecule has 0 spiro atoms. The zero-order chi connectivity index (χ0) is 15.2. The van der Waals surface area contributed by atoms with Gasteiger partial charge in [-0.15, -0.1) is 0 Å². The molecule has 112 valence electrons. The first-order chi connectivity index (χ1) is 10.1. The van der Waals surface area contributed by atoms with Crippen molar-refractivity contribution >= 4 is 21.6 Å². The van der Waals surface area contributed by atoms with Crippen molar-refractivity contribution < 1.29 is 4.74 Å². The first-order valence-electron chi connectivity index (χ1n) is 7.32. The fourth-order valence-corrected chi connectivity index (χ4v) is 3.07. The smallest absolute Gasteiger partial charge is 0.119 e. The van der Waals surface area contributed by atoms with Crippen molar-refractivity contribution in [1.29, 1.82) is 0 Å². The number of halogens is 1. The minimum Gasteiger partial charge on any atom is -0.494 e. The van der Waals surface area contributed by atoms with Crippen LogP contribution in [0.5, 0.6) is 5.75 Å². The average molecular weight is 348 g/mol. The van der Waals surface area contributed by atoms with Crippen LogP contribution in [0, 0.1) is 13.8 Å². The van der Waals surface area contributed by atoms with E-state index in [2.05, 4.69) is 66.3 Å². The zero-order valence-corrected chi connectivity index (χ0v) is 14.5. The average Bonchev–Trinajstić information content (AvgIpc) is 2.45. The van der Waals surface area contributed by atoms with Crippen LogP contribution in [0.4, 0.5) is 5.69 Å². The molecule has 0 unspecified atom stereocenters. The van der Waals surface area contributed by atoms with Crippen molar-refractivity contribution in [3.8, 4) is 5.75 Å². The molecule has 0 aromatic heterocycles. The summed E-state index contributed by atoms with van der Waals surface area (Å²) < 4.78 is 6.71. The molecule has 0 saturated heterocycles. The Balaban J connectivity index is 2.00. The molecule has 0 bridgehead atoms. The lowest BCUT2D eigenvalue weighted by Gasteiger charge is -2.13. The van der Waals surface area contributed by atoms with Crippen molar-refractivity contribution in [3.63, 3.8) is 0 Å². The first kappa shape index (κ1) is 15.9. The molecule has 0 atom stereocenters. The molecule has 2 aromatic rings. The Morgan fingerprint density at radius 3 is 2.43 bits per heavy atom. The van der Waals surface area contributed by atoms with Crippen molar-refractivity contribution in [2.45, 2.75) is 33.7 Å². The van der Waals surface area contributed by atoms with E-state index in [-0.39, 0.29) is 0 Å². The fraction of sp³-hybridized carbons (Fsp3) is 0.333. The molecule has 0 saturated carbocycles. The standard InChI is InChI=1S/C18H22BrNO/c1-4-9-21-16-7-5-15(6-8-16)12-20-18-14(3)10-13(2)11-17(18)19/h5-8,10-11,20H,4,9,12H2,1-3H3. The lowest BCUT2D eigenvalue weighted by atomic mass is 10.1. The summed E-state index contributed by atoms with van der Waals surface area (Å²) in [5, 5.41) is 3.50. The van der Waals surface area contributed by atoms with Crippen LogP contribution in [-0.4, -0.2) is 6.61 Å². The Morgan fingerprint density at radius 1 is 1.10 bits per heavy atom. The molecule has 0 aliphatic heterocycles. The second-order valence-electron chi connectivity index (χ2n) is 5.28. The molecule has 0 amide bonds. The third-order valence-corrected chi connectivity index (χ3v) is 3.92. The number of hydrogen-bond acceptors (Lipinski definition) is 2. The quantitative estimate of drug-likeness (QED) is 0.748. The summed E-state index contributed by atoms with van der Waals surface area (Å²) in [7, 11) is 0. The van der Waals surface area contributed by atoms with Gasteiger partial charge in [0.25, 0.3) is 0 Å². The number of hydrogen-bond donors (Lipinski definition) is 1. The van der Waals surface area contributed by atoms with Gasteiger partial charge in [0.2, 0.25) is 0 Å². The van der Waals surface area contributed by atoms with E-state index in [1.165, 1.54) is 16.7 Å². The number of benzene rings is 2.